The van der Waals surface area contributed by atoms with Gasteiger partial charge < -0.3 is 14.6 Å². The van der Waals surface area contributed by atoms with Gasteiger partial charge in [-0.05, 0) is 38.5 Å². The van der Waals surface area contributed by atoms with Gasteiger partial charge in [0, 0.05) is 36.4 Å². The van der Waals surface area contributed by atoms with Crippen molar-refractivity contribution in [2.24, 2.45) is 5.92 Å². The van der Waals surface area contributed by atoms with Gasteiger partial charge in [0.25, 0.3) is 0 Å². The second-order valence-electron chi connectivity index (χ2n) is 6.73. The molecule has 0 amide bonds. The molecule has 2 atom stereocenters. The zero-order valence-corrected chi connectivity index (χ0v) is 14.9. The summed E-state index contributed by atoms with van der Waals surface area (Å²) in [6.07, 6.45) is 4.42. The smallest absolute Gasteiger partial charge is 0.130 e. The number of phenolic OH excluding ortho intramolecular Hbond substituents is 1. The summed E-state index contributed by atoms with van der Waals surface area (Å²) in [5, 5.41) is 14.4. The molecule has 1 saturated heterocycles. The minimum Gasteiger partial charge on any atom is -0.507 e. The Hall–Kier alpha value is -2.27. The van der Waals surface area contributed by atoms with Gasteiger partial charge in [-0.15, -0.1) is 0 Å². The molecule has 5 nitrogen and oxygen atoms in total. The number of aromatic hydroxyl groups is 1. The molecule has 134 valence electrons. The Labute approximate surface area is 148 Å². The Balaban J connectivity index is 1.77. The molecule has 0 radical (unpaired) electrons. The Kier molecular flexibility index (Phi) is 5.43. The van der Waals surface area contributed by atoms with E-state index in [1.165, 1.54) is 5.69 Å². The highest BCUT2D eigenvalue weighted by Crippen LogP contribution is 2.34. The van der Waals surface area contributed by atoms with Crippen LogP contribution < -0.4 is 4.74 Å². The summed E-state index contributed by atoms with van der Waals surface area (Å²) in [5.74, 6) is 1.44. The van der Waals surface area contributed by atoms with E-state index in [1.807, 2.05) is 12.3 Å². The van der Waals surface area contributed by atoms with Crippen LogP contribution in [0.4, 0.5) is 0 Å². The summed E-state index contributed by atoms with van der Waals surface area (Å²) >= 11 is 0. The van der Waals surface area contributed by atoms with Crippen LogP contribution in [0.1, 0.15) is 43.5 Å². The van der Waals surface area contributed by atoms with E-state index in [0.717, 1.165) is 13.0 Å². The Morgan fingerprint density at radius 1 is 1.44 bits per heavy atom. The van der Waals surface area contributed by atoms with Gasteiger partial charge in [-0.2, -0.15) is 5.10 Å². The van der Waals surface area contributed by atoms with E-state index in [0.29, 0.717) is 36.5 Å². The first-order chi connectivity index (χ1) is 12.1. The van der Waals surface area contributed by atoms with Gasteiger partial charge >= 0.3 is 0 Å². The highest BCUT2D eigenvalue weighted by atomic mass is 16.5. The maximum absolute atomic E-state index is 9.95. The van der Waals surface area contributed by atoms with Crippen molar-refractivity contribution in [3.63, 3.8) is 0 Å². The van der Waals surface area contributed by atoms with Gasteiger partial charge in [0.05, 0.1) is 18.8 Å². The molecule has 0 aliphatic carbocycles. The summed E-state index contributed by atoms with van der Waals surface area (Å²) in [7, 11) is 0. The highest BCUT2D eigenvalue weighted by molar-refractivity contribution is 5.62. The van der Waals surface area contributed by atoms with Gasteiger partial charge in [-0.25, -0.2) is 0 Å². The Bertz CT molecular complexity index is 723. The molecule has 2 aromatic rings. The second kappa shape index (κ2) is 7.74. The van der Waals surface area contributed by atoms with Crippen molar-refractivity contribution in [3.05, 3.63) is 48.3 Å². The molecule has 3 rings (SSSR count). The first kappa shape index (κ1) is 17.5. The molecule has 0 spiro atoms. The van der Waals surface area contributed by atoms with E-state index in [4.69, 9.17) is 9.47 Å². The van der Waals surface area contributed by atoms with Crippen molar-refractivity contribution in [1.29, 1.82) is 0 Å². The van der Waals surface area contributed by atoms with Crippen LogP contribution in [0.2, 0.25) is 0 Å². The molecule has 5 heteroatoms. The normalized spacial score (nSPS) is 20.6. The van der Waals surface area contributed by atoms with E-state index in [1.54, 1.807) is 18.2 Å². The van der Waals surface area contributed by atoms with Crippen molar-refractivity contribution < 1.29 is 14.6 Å². The van der Waals surface area contributed by atoms with E-state index in [2.05, 4.69) is 36.3 Å². The van der Waals surface area contributed by atoms with Gasteiger partial charge in [0.2, 0.25) is 0 Å². The quantitative estimate of drug-likeness (QED) is 0.862. The summed E-state index contributed by atoms with van der Waals surface area (Å²) in [6.45, 7) is 10.0. The van der Waals surface area contributed by atoms with Gasteiger partial charge in [-0.3, -0.25) is 4.68 Å². The zero-order chi connectivity index (χ0) is 17.8. The topological polar surface area (TPSA) is 56.5 Å². The number of nitrogens with zero attached hydrogens (tertiary/aromatic N) is 2. The molecule has 2 unspecified atom stereocenters. The average Bonchev–Trinajstić information content (AvgIpc) is 3.10. The molecule has 1 aliphatic rings. The summed E-state index contributed by atoms with van der Waals surface area (Å²) < 4.78 is 13.9. The standard InChI is InChI=1S/C20H26N2O3/c1-4-16-19(23)6-5-7-20(16)25-12-15-9-11-24-13-17(15)18-8-10-21-22(18)14(2)3/h4-8,10,14-15,17,23H,1,9,11-13H2,2-3H3. The zero-order valence-electron chi connectivity index (χ0n) is 14.9. The van der Waals surface area contributed by atoms with Crippen LogP contribution in [-0.4, -0.2) is 34.7 Å². The number of aromatic nitrogens is 2. The van der Waals surface area contributed by atoms with Crippen LogP contribution >= 0.6 is 0 Å². The van der Waals surface area contributed by atoms with Crippen LogP contribution in [0, 0.1) is 5.92 Å². The number of hydrogen-bond acceptors (Lipinski definition) is 4. The van der Waals surface area contributed by atoms with E-state index < -0.39 is 0 Å². The molecule has 1 aromatic heterocycles. The maximum Gasteiger partial charge on any atom is 0.130 e. The van der Waals surface area contributed by atoms with Crippen molar-refractivity contribution in [2.45, 2.75) is 32.2 Å². The Morgan fingerprint density at radius 3 is 3.04 bits per heavy atom. The van der Waals surface area contributed by atoms with Gasteiger partial charge in [-0.1, -0.05) is 18.7 Å². The third-order valence-electron chi connectivity index (χ3n) is 4.77. The molecule has 0 saturated carbocycles. The molecule has 1 N–H and O–H groups in total. The Morgan fingerprint density at radius 2 is 2.28 bits per heavy atom. The molecule has 1 fully saturated rings. The highest BCUT2D eigenvalue weighted by Gasteiger charge is 2.31. The fourth-order valence-corrected chi connectivity index (χ4v) is 3.42. The molecule has 2 heterocycles. The number of hydrogen-bond donors (Lipinski definition) is 1. The van der Waals surface area contributed by atoms with Crippen LogP contribution in [0.15, 0.2) is 37.0 Å². The van der Waals surface area contributed by atoms with Crippen LogP contribution in [-0.2, 0) is 4.74 Å². The minimum atomic E-state index is 0.189. The molecule has 25 heavy (non-hydrogen) atoms. The molecular formula is C20H26N2O3. The lowest BCUT2D eigenvalue weighted by molar-refractivity contribution is 0.0272. The maximum atomic E-state index is 9.95. The van der Waals surface area contributed by atoms with Crippen molar-refractivity contribution in [1.82, 2.24) is 9.78 Å². The minimum absolute atomic E-state index is 0.189. The van der Waals surface area contributed by atoms with Crippen molar-refractivity contribution in [3.8, 4) is 11.5 Å². The lowest BCUT2D eigenvalue weighted by atomic mass is 9.86. The molecule has 0 bridgehead atoms. The first-order valence-electron chi connectivity index (χ1n) is 8.80. The fourth-order valence-electron chi connectivity index (χ4n) is 3.42. The van der Waals surface area contributed by atoms with Crippen LogP contribution in [0.3, 0.4) is 0 Å². The fraction of sp³-hybridized carbons (Fsp3) is 0.450. The predicted octanol–water partition coefficient (Wildman–Crippen LogP) is 4.01. The monoisotopic (exact) mass is 342 g/mol. The van der Waals surface area contributed by atoms with Crippen molar-refractivity contribution >= 4 is 6.08 Å². The van der Waals surface area contributed by atoms with E-state index >= 15 is 0 Å². The molecule has 1 aliphatic heterocycles. The first-order valence-corrected chi connectivity index (χ1v) is 8.80. The SMILES string of the molecule is C=Cc1c(O)cccc1OCC1CCOCC1c1ccnn1C(C)C. The number of benzene rings is 1. The number of phenols is 1. The van der Waals surface area contributed by atoms with Crippen molar-refractivity contribution in [2.75, 3.05) is 19.8 Å². The predicted molar refractivity (Wildman–Crippen MR) is 98.0 cm³/mol. The van der Waals surface area contributed by atoms with Gasteiger partial charge in [0.15, 0.2) is 0 Å². The molecular weight excluding hydrogens is 316 g/mol. The number of rotatable bonds is 6. The van der Waals surface area contributed by atoms with E-state index in [-0.39, 0.29) is 11.7 Å². The summed E-state index contributed by atoms with van der Waals surface area (Å²) in [4.78, 5) is 0. The largest absolute Gasteiger partial charge is 0.507 e. The summed E-state index contributed by atoms with van der Waals surface area (Å²) in [5.41, 5.74) is 1.83. The second-order valence-corrected chi connectivity index (χ2v) is 6.73. The van der Waals surface area contributed by atoms with Gasteiger partial charge in [0.1, 0.15) is 11.5 Å². The van der Waals surface area contributed by atoms with E-state index in [9.17, 15) is 5.11 Å². The average molecular weight is 342 g/mol. The summed E-state index contributed by atoms with van der Waals surface area (Å²) in [6, 6.07) is 7.68. The van der Waals surface area contributed by atoms with Crippen LogP contribution in [0.5, 0.6) is 11.5 Å². The molecule has 1 aromatic carbocycles. The lowest BCUT2D eigenvalue weighted by Crippen LogP contribution is -2.32. The van der Waals surface area contributed by atoms with Crippen LogP contribution in [0.25, 0.3) is 6.08 Å². The lowest BCUT2D eigenvalue weighted by Gasteiger charge is -2.32. The number of ether oxygens (including phenoxy) is 2. The third kappa shape index (κ3) is 3.71. The third-order valence-corrected chi connectivity index (χ3v) is 4.77.